The first-order valence-electron chi connectivity index (χ1n) is 8.59. The highest BCUT2D eigenvalue weighted by atomic mass is 16.2. The van der Waals surface area contributed by atoms with E-state index in [9.17, 15) is 9.59 Å². The van der Waals surface area contributed by atoms with E-state index in [0.717, 1.165) is 25.7 Å². The zero-order chi connectivity index (χ0) is 19.0. The summed E-state index contributed by atoms with van der Waals surface area (Å²) in [5.41, 5.74) is 7.04. The van der Waals surface area contributed by atoms with Crippen molar-refractivity contribution >= 4 is 23.6 Å². The topological polar surface area (TPSA) is 105 Å². The van der Waals surface area contributed by atoms with Crippen molar-refractivity contribution in [2.75, 3.05) is 31.4 Å². The Hall–Kier alpha value is -2.12. The van der Waals surface area contributed by atoms with Gasteiger partial charge in [0, 0.05) is 7.05 Å². The van der Waals surface area contributed by atoms with Gasteiger partial charge in [0.2, 0.25) is 5.91 Å². The molecule has 1 aromatic rings. The van der Waals surface area contributed by atoms with Gasteiger partial charge in [-0.2, -0.15) is 0 Å². The molecule has 2 rings (SSSR count). The van der Waals surface area contributed by atoms with Crippen LogP contribution in [0.1, 0.15) is 26.7 Å². The molecule has 0 aromatic heterocycles. The molecule has 0 spiro atoms. The van der Waals surface area contributed by atoms with Gasteiger partial charge in [-0.1, -0.05) is 26.0 Å². The van der Waals surface area contributed by atoms with Crippen LogP contribution in [0, 0.1) is 5.92 Å². The van der Waals surface area contributed by atoms with Crippen molar-refractivity contribution in [2.24, 2.45) is 11.8 Å². The molecule has 1 saturated heterocycles. The van der Waals surface area contributed by atoms with Crippen LogP contribution in [0.3, 0.4) is 0 Å². The molecule has 5 N–H and O–H groups in total. The van der Waals surface area contributed by atoms with Crippen molar-refractivity contribution in [3.63, 3.8) is 0 Å². The van der Waals surface area contributed by atoms with Crippen molar-refractivity contribution in [1.29, 1.82) is 0 Å². The summed E-state index contributed by atoms with van der Waals surface area (Å²) >= 11 is 0. The number of hydrazine groups is 1. The Morgan fingerprint density at radius 2 is 2.04 bits per heavy atom. The van der Waals surface area contributed by atoms with Crippen molar-refractivity contribution in [1.82, 2.24) is 10.2 Å². The van der Waals surface area contributed by atoms with Gasteiger partial charge >= 0.3 is 0 Å². The van der Waals surface area contributed by atoms with E-state index in [1.807, 2.05) is 33.0 Å². The molecular formula is C18H31N5O2. The van der Waals surface area contributed by atoms with Gasteiger partial charge < -0.3 is 15.8 Å². The highest BCUT2D eigenvalue weighted by Crippen LogP contribution is 2.23. The maximum absolute atomic E-state index is 11.1. The molecule has 2 unspecified atom stereocenters. The second-order valence-electron chi connectivity index (χ2n) is 6.59. The van der Waals surface area contributed by atoms with Gasteiger partial charge in [-0.05, 0) is 44.5 Å². The average Bonchev–Trinajstić information content (AvgIpc) is 3.01. The van der Waals surface area contributed by atoms with E-state index in [-0.39, 0.29) is 23.9 Å². The molecule has 25 heavy (non-hydrogen) atoms. The number of aldehydes is 1. The molecule has 1 heterocycles. The lowest BCUT2D eigenvalue weighted by Crippen LogP contribution is -2.45. The predicted molar refractivity (Wildman–Crippen MR) is 102 cm³/mol. The van der Waals surface area contributed by atoms with Crippen LogP contribution in [-0.2, 0) is 9.59 Å². The van der Waals surface area contributed by atoms with E-state index in [2.05, 4.69) is 10.2 Å². The van der Waals surface area contributed by atoms with Gasteiger partial charge in [-0.3, -0.25) is 14.7 Å². The van der Waals surface area contributed by atoms with Crippen molar-refractivity contribution < 1.29 is 9.59 Å². The second-order valence-corrected chi connectivity index (χ2v) is 6.59. The Balaban J connectivity index is 0.000000271. The zero-order valence-electron chi connectivity index (χ0n) is 15.6. The highest BCUT2D eigenvalue weighted by molar-refractivity contribution is 5.81. The number of hydrogen-bond acceptors (Lipinski definition) is 6. The van der Waals surface area contributed by atoms with Crippen LogP contribution in [0.5, 0.6) is 0 Å². The maximum atomic E-state index is 11.1. The van der Waals surface area contributed by atoms with E-state index in [1.165, 1.54) is 5.01 Å². The first-order valence-corrected chi connectivity index (χ1v) is 8.59. The third kappa shape index (κ3) is 5.72. The first kappa shape index (κ1) is 20.9. The number of benzene rings is 1. The quantitative estimate of drug-likeness (QED) is 0.317. The number of likely N-dealkylation sites (tertiary alicyclic amines) is 1. The summed E-state index contributed by atoms with van der Waals surface area (Å²) in [6, 6.07) is 7.01. The number of hydrogen-bond donors (Lipinski definition) is 3. The number of amides is 1. The summed E-state index contributed by atoms with van der Waals surface area (Å²) < 4.78 is 0. The van der Waals surface area contributed by atoms with Crippen LogP contribution in [0.25, 0.3) is 0 Å². The summed E-state index contributed by atoms with van der Waals surface area (Å²) in [6.07, 6.45) is 3.00. The van der Waals surface area contributed by atoms with E-state index >= 15 is 0 Å². The lowest BCUT2D eigenvalue weighted by molar-refractivity contribution is -0.124. The molecular weight excluding hydrogens is 318 g/mol. The van der Waals surface area contributed by atoms with E-state index in [1.54, 1.807) is 19.2 Å². The number of nitrogen functional groups attached to an aromatic ring is 1. The summed E-state index contributed by atoms with van der Waals surface area (Å²) in [4.78, 5) is 24.1. The van der Waals surface area contributed by atoms with E-state index in [0.29, 0.717) is 11.4 Å². The number of carbonyl (C=O) groups excluding carboxylic acids is 2. The van der Waals surface area contributed by atoms with Crippen LogP contribution >= 0.6 is 0 Å². The smallest absolute Gasteiger partial charge is 0.237 e. The molecule has 1 aliphatic heterocycles. The fraction of sp³-hybridized carbons (Fsp3) is 0.556. The normalized spacial score (nSPS) is 18.2. The van der Waals surface area contributed by atoms with E-state index in [4.69, 9.17) is 11.6 Å². The van der Waals surface area contributed by atoms with Gasteiger partial charge in [-0.15, -0.1) is 0 Å². The molecule has 1 aliphatic rings. The largest absolute Gasteiger partial charge is 0.397 e. The third-order valence-electron chi connectivity index (χ3n) is 4.43. The highest BCUT2D eigenvalue weighted by Gasteiger charge is 2.26. The Bertz CT molecular complexity index is 564. The molecule has 0 aliphatic carbocycles. The number of carbonyl (C=O) groups is 2. The van der Waals surface area contributed by atoms with Gasteiger partial charge in [0.05, 0.1) is 17.4 Å². The Morgan fingerprint density at radius 1 is 1.40 bits per heavy atom. The Kier molecular flexibility index (Phi) is 8.37. The van der Waals surface area contributed by atoms with Crippen LogP contribution in [0.4, 0.5) is 11.4 Å². The number of para-hydroxylation sites is 2. The molecule has 7 heteroatoms. The van der Waals surface area contributed by atoms with E-state index < -0.39 is 0 Å². The standard InChI is InChI=1S/C11H17N3O.C7H14N2O/c1-8(2)11(7-15)14(13)10-6-4-3-5-9(10)12;1-8-7(10)6-4-3-5-9(6)2/h3-8,11H,12-13H2,1-2H3;6H,3-5H2,1-2H3,(H,8,10). The summed E-state index contributed by atoms with van der Waals surface area (Å²) in [7, 11) is 3.68. The first-order chi connectivity index (χ1) is 11.8. The van der Waals surface area contributed by atoms with Crippen LogP contribution in [-0.4, -0.2) is 49.8 Å². The average molecular weight is 349 g/mol. The summed E-state index contributed by atoms with van der Waals surface area (Å²) in [5, 5.41) is 4.08. The monoisotopic (exact) mass is 349 g/mol. The zero-order valence-corrected chi connectivity index (χ0v) is 15.6. The van der Waals surface area contributed by atoms with Gasteiger partial charge in [0.15, 0.2) is 0 Å². The van der Waals surface area contributed by atoms with Crippen molar-refractivity contribution in [3.8, 4) is 0 Å². The van der Waals surface area contributed by atoms with Gasteiger partial charge in [0.1, 0.15) is 12.3 Å². The number of nitrogens with one attached hydrogen (secondary N) is 1. The van der Waals surface area contributed by atoms with Crippen LogP contribution in [0.15, 0.2) is 24.3 Å². The molecule has 1 amide bonds. The molecule has 140 valence electrons. The minimum absolute atomic E-state index is 0.130. The van der Waals surface area contributed by atoms with Gasteiger partial charge in [-0.25, -0.2) is 5.84 Å². The van der Waals surface area contributed by atoms with Gasteiger partial charge in [0.25, 0.3) is 0 Å². The van der Waals surface area contributed by atoms with Crippen molar-refractivity contribution in [3.05, 3.63) is 24.3 Å². The fourth-order valence-electron chi connectivity index (χ4n) is 2.84. The minimum atomic E-state index is -0.352. The molecule has 1 fully saturated rings. The molecule has 0 bridgehead atoms. The molecule has 0 radical (unpaired) electrons. The van der Waals surface area contributed by atoms with Crippen molar-refractivity contribution in [2.45, 2.75) is 38.8 Å². The molecule has 1 aromatic carbocycles. The molecule has 0 saturated carbocycles. The Labute approximate surface area is 150 Å². The SMILES string of the molecule is CC(C)C(C=O)N(N)c1ccccc1N.CNC(=O)C1CCCN1C. The summed E-state index contributed by atoms with van der Waals surface area (Å²) in [5.74, 6) is 6.17. The number of nitrogens with two attached hydrogens (primary N) is 2. The number of likely N-dealkylation sites (N-methyl/N-ethyl adjacent to an activating group) is 2. The number of anilines is 2. The molecule has 7 nitrogen and oxygen atoms in total. The Morgan fingerprint density at radius 3 is 2.48 bits per heavy atom. The number of rotatable bonds is 5. The lowest BCUT2D eigenvalue weighted by atomic mass is 10.0. The third-order valence-corrected chi connectivity index (χ3v) is 4.43. The minimum Gasteiger partial charge on any atom is -0.397 e. The summed E-state index contributed by atoms with van der Waals surface area (Å²) in [6.45, 7) is 4.94. The predicted octanol–water partition coefficient (Wildman–Crippen LogP) is 0.999. The fourth-order valence-corrected chi connectivity index (χ4v) is 2.84. The number of nitrogens with zero attached hydrogens (tertiary/aromatic N) is 2. The van der Waals surface area contributed by atoms with Crippen LogP contribution in [0.2, 0.25) is 0 Å². The molecule has 2 atom stereocenters. The lowest BCUT2D eigenvalue weighted by Gasteiger charge is -2.28. The maximum Gasteiger partial charge on any atom is 0.237 e. The second kappa shape index (κ2) is 10.0. The van der Waals surface area contributed by atoms with Crippen LogP contribution < -0.4 is 21.9 Å².